The van der Waals surface area contributed by atoms with Crippen LogP contribution in [0.15, 0.2) is 4.52 Å². The van der Waals surface area contributed by atoms with E-state index in [9.17, 15) is 9.59 Å². The summed E-state index contributed by atoms with van der Waals surface area (Å²) in [5, 5.41) is 17.2. The van der Waals surface area contributed by atoms with Gasteiger partial charge in [-0.2, -0.15) is 0 Å². The molecule has 2 aliphatic rings. The van der Waals surface area contributed by atoms with Gasteiger partial charge in [-0.15, -0.1) is 11.3 Å². The first-order chi connectivity index (χ1) is 13.4. The number of fused-ring (bicyclic) bond motifs is 1. The van der Waals surface area contributed by atoms with Crippen molar-refractivity contribution in [2.45, 2.75) is 64.8 Å². The summed E-state index contributed by atoms with van der Waals surface area (Å²) in [5.74, 6) is -0.194. The largest absolute Gasteiger partial charge is 0.481 e. The van der Waals surface area contributed by atoms with E-state index in [-0.39, 0.29) is 23.8 Å². The van der Waals surface area contributed by atoms with Gasteiger partial charge in [-0.05, 0) is 52.4 Å². The molecule has 0 aromatic carbocycles. The van der Waals surface area contributed by atoms with Gasteiger partial charge < -0.3 is 14.9 Å². The molecule has 2 N–H and O–H groups in total. The molecule has 2 aromatic heterocycles. The molecule has 1 amide bonds. The minimum Gasteiger partial charge on any atom is -0.481 e. The predicted molar refractivity (Wildman–Crippen MR) is 104 cm³/mol. The lowest BCUT2D eigenvalue weighted by Crippen LogP contribution is -2.42. The number of nitrogens with one attached hydrogen (secondary N) is 1. The van der Waals surface area contributed by atoms with Crippen LogP contribution in [0.2, 0.25) is 0 Å². The lowest BCUT2D eigenvalue weighted by molar-refractivity contribution is -0.142. The van der Waals surface area contributed by atoms with Crippen molar-refractivity contribution in [1.29, 1.82) is 0 Å². The Morgan fingerprint density at radius 3 is 2.54 bits per heavy atom. The number of aryl methyl sites for hydroxylation is 3. The fourth-order valence-electron chi connectivity index (χ4n) is 4.30. The molecule has 2 aliphatic carbocycles. The molecule has 150 valence electrons. The highest BCUT2D eigenvalue weighted by molar-refractivity contribution is 7.15. The summed E-state index contributed by atoms with van der Waals surface area (Å²) in [4.78, 5) is 29.9. The topological polar surface area (TPSA) is 105 Å². The number of carboxylic acid groups (broad SMARTS) is 1. The number of aliphatic carboxylic acids is 1. The zero-order valence-corrected chi connectivity index (χ0v) is 17.0. The Balaban J connectivity index is 1.39. The van der Waals surface area contributed by atoms with Gasteiger partial charge in [0.05, 0.1) is 22.9 Å². The Kier molecular flexibility index (Phi) is 5.23. The van der Waals surface area contributed by atoms with Gasteiger partial charge in [-0.1, -0.05) is 5.16 Å². The van der Waals surface area contributed by atoms with Crippen LogP contribution in [0.1, 0.15) is 54.1 Å². The Morgan fingerprint density at radius 1 is 1.14 bits per heavy atom. The Labute approximate surface area is 167 Å². The average molecular weight is 404 g/mol. The number of carbonyl (C=O) groups excluding carboxylic acids is 1. The van der Waals surface area contributed by atoms with Crippen LogP contribution in [0.3, 0.4) is 0 Å². The number of thiazole rings is 1. The van der Waals surface area contributed by atoms with E-state index >= 15 is 0 Å². The zero-order valence-electron chi connectivity index (χ0n) is 16.2. The molecular weight excluding hydrogens is 378 g/mol. The number of amides is 1. The number of aromatic nitrogens is 2. The monoisotopic (exact) mass is 403 g/mol. The van der Waals surface area contributed by atoms with Crippen LogP contribution < -0.4 is 5.32 Å². The number of rotatable bonds is 4. The standard InChI is InChI=1S/C20H25N3O4S/c1-10-17(11(2)27-23-10)19-22-15-9-13(5-8-16(15)28-19)18(24)21-14-6-3-12(4-7-14)20(25)26/h12-14H,3-9H2,1-2H3,(H,21,24)(H,25,26). The second-order valence-electron chi connectivity index (χ2n) is 7.92. The molecule has 8 heteroatoms. The summed E-state index contributed by atoms with van der Waals surface area (Å²) >= 11 is 1.68. The van der Waals surface area contributed by atoms with Gasteiger partial charge in [-0.3, -0.25) is 9.59 Å². The first kappa shape index (κ1) is 19.1. The van der Waals surface area contributed by atoms with Crippen molar-refractivity contribution >= 4 is 23.2 Å². The van der Waals surface area contributed by atoms with Gasteiger partial charge in [0, 0.05) is 23.3 Å². The third-order valence-corrected chi connectivity index (χ3v) is 7.15. The van der Waals surface area contributed by atoms with Gasteiger partial charge in [0.25, 0.3) is 0 Å². The maximum atomic E-state index is 12.8. The summed E-state index contributed by atoms with van der Waals surface area (Å²) in [6.07, 6.45) is 5.11. The van der Waals surface area contributed by atoms with Gasteiger partial charge in [-0.25, -0.2) is 4.98 Å². The van der Waals surface area contributed by atoms with Crippen molar-refractivity contribution in [3.63, 3.8) is 0 Å². The molecular formula is C20H25N3O4S. The third kappa shape index (κ3) is 3.70. The number of nitrogens with zero attached hydrogens (tertiary/aromatic N) is 2. The van der Waals surface area contributed by atoms with Crippen LogP contribution in [0.5, 0.6) is 0 Å². The van der Waals surface area contributed by atoms with Crippen LogP contribution in [0, 0.1) is 25.7 Å². The average Bonchev–Trinajstić information content (AvgIpc) is 3.23. The second kappa shape index (κ2) is 7.66. The molecule has 1 fully saturated rings. The highest BCUT2D eigenvalue weighted by Crippen LogP contribution is 2.37. The van der Waals surface area contributed by atoms with Crippen molar-refractivity contribution in [2.24, 2.45) is 11.8 Å². The van der Waals surface area contributed by atoms with E-state index in [1.165, 1.54) is 4.88 Å². The molecule has 2 heterocycles. The van der Waals surface area contributed by atoms with Gasteiger partial charge in [0.15, 0.2) is 0 Å². The first-order valence-electron chi connectivity index (χ1n) is 9.87. The zero-order chi connectivity index (χ0) is 19.8. The van der Waals surface area contributed by atoms with E-state index in [1.54, 1.807) is 11.3 Å². The van der Waals surface area contributed by atoms with Gasteiger partial charge in [0.1, 0.15) is 10.8 Å². The summed E-state index contributed by atoms with van der Waals surface area (Å²) in [5.41, 5.74) is 2.83. The van der Waals surface area contributed by atoms with E-state index in [1.807, 2.05) is 13.8 Å². The Hall–Kier alpha value is -2.22. The maximum Gasteiger partial charge on any atom is 0.306 e. The van der Waals surface area contributed by atoms with Crippen molar-refractivity contribution in [3.05, 3.63) is 22.0 Å². The van der Waals surface area contributed by atoms with Gasteiger partial charge >= 0.3 is 5.97 Å². The quantitative estimate of drug-likeness (QED) is 0.812. The van der Waals surface area contributed by atoms with Crippen molar-refractivity contribution in [3.8, 4) is 10.6 Å². The maximum absolute atomic E-state index is 12.8. The van der Waals surface area contributed by atoms with E-state index in [0.29, 0.717) is 19.3 Å². The van der Waals surface area contributed by atoms with E-state index < -0.39 is 5.97 Å². The van der Waals surface area contributed by atoms with Gasteiger partial charge in [0.2, 0.25) is 5.91 Å². The molecule has 1 unspecified atom stereocenters. The molecule has 1 atom stereocenters. The fraction of sp³-hybridized carbons (Fsp3) is 0.600. The number of carbonyl (C=O) groups is 2. The highest BCUT2D eigenvalue weighted by atomic mass is 32.1. The van der Waals surface area contributed by atoms with Crippen LogP contribution >= 0.6 is 11.3 Å². The Bertz CT molecular complexity index is 876. The summed E-state index contributed by atoms with van der Waals surface area (Å²) in [7, 11) is 0. The third-order valence-electron chi connectivity index (χ3n) is 5.98. The Morgan fingerprint density at radius 2 is 1.89 bits per heavy atom. The predicted octanol–water partition coefficient (Wildman–Crippen LogP) is 3.28. The lowest BCUT2D eigenvalue weighted by Gasteiger charge is -2.29. The molecule has 0 spiro atoms. The van der Waals surface area contributed by atoms with Crippen LogP contribution in [-0.2, 0) is 22.4 Å². The first-order valence-corrected chi connectivity index (χ1v) is 10.7. The molecule has 0 radical (unpaired) electrons. The molecule has 2 aromatic rings. The smallest absolute Gasteiger partial charge is 0.306 e. The second-order valence-corrected chi connectivity index (χ2v) is 9.01. The highest BCUT2D eigenvalue weighted by Gasteiger charge is 2.32. The van der Waals surface area contributed by atoms with Crippen LogP contribution in [0.25, 0.3) is 10.6 Å². The molecule has 28 heavy (non-hydrogen) atoms. The molecule has 4 rings (SSSR count). The normalized spacial score (nSPS) is 24.6. The van der Waals surface area contributed by atoms with E-state index in [4.69, 9.17) is 14.6 Å². The van der Waals surface area contributed by atoms with Crippen LogP contribution in [-0.4, -0.2) is 33.2 Å². The molecule has 0 bridgehead atoms. The molecule has 0 saturated heterocycles. The fourth-order valence-corrected chi connectivity index (χ4v) is 5.55. The molecule has 0 aliphatic heterocycles. The summed E-state index contributed by atoms with van der Waals surface area (Å²) < 4.78 is 5.26. The number of hydrogen-bond acceptors (Lipinski definition) is 6. The van der Waals surface area contributed by atoms with Crippen molar-refractivity contribution in [1.82, 2.24) is 15.5 Å². The summed E-state index contributed by atoms with van der Waals surface area (Å²) in [6.45, 7) is 3.81. The lowest BCUT2D eigenvalue weighted by atomic mass is 9.85. The van der Waals surface area contributed by atoms with E-state index in [2.05, 4.69) is 10.5 Å². The number of hydrogen-bond donors (Lipinski definition) is 2. The minimum absolute atomic E-state index is 0.0654. The molecule has 7 nitrogen and oxygen atoms in total. The van der Waals surface area contributed by atoms with Crippen molar-refractivity contribution in [2.75, 3.05) is 0 Å². The SMILES string of the molecule is Cc1noc(C)c1-c1nc2c(s1)CCC(C(=O)NC1CCC(C(=O)O)CC1)C2. The van der Waals surface area contributed by atoms with E-state index in [0.717, 1.165) is 53.4 Å². The molecule has 1 saturated carbocycles. The summed E-state index contributed by atoms with van der Waals surface area (Å²) in [6, 6.07) is 0.0952. The van der Waals surface area contributed by atoms with Crippen LogP contribution in [0.4, 0.5) is 0 Å². The minimum atomic E-state index is -0.720. The van der Waals surface area contributed by atoms with Crippen molar-refractivity contribution < 1.29 is 19.2 Å². The number of carboxylic acids is 1.